The molecule has 0 unspecified atom stereocenters. The Labute approximate surface area is 159 Å². The third-order valence-electron chi connectivity index (χ3n) is 4.91. The third kappa shape index (κ3) is 3.77. The monoisotopic (exact) mass is 389 g/mol. The Bertz CT molecular complexity index is 1010. The van der Waals surface area contributed by atoms with Crippen molar-refractivity contribution >= 4 is 11.4 Å². The number of alkyl halides is 2. The van der Waals surface area contributed by atoms with E-state index in [0.29, 0.717) is 18.9 Å². The number of ether oxygens (including phenoxy) is 1. The van der Waals surface area contributed by atoms with Gasteiger partial charge in [0.05, 0.1) is 5.69 Å². The number of hydrogen-bond acceptors (Lipinski definition) is 4. The largest absolute Gasteiger partial charge is 0.381 e. The fourth-order valence-electron chi connectivity index (χ4n) is 3.39. The minimum absolute atomic E-state index is 0.106. The Balaban J connectivity index is 1.59. The summed E-state index contributed by atoms with van der Waals surface area (Å²) in [6.07, 6.45) is 2.05. The zero-order valence-electron chi connectivity index (χ0n) is 14.9. The maximum absolute atomic E-state index is 14.5. The first-order valence-electron chi connectivity index (χ1n) is 9.04. The van der Waals surface area contributed by atoms with Crippen LogP contribution in [0.25, 0.3) is 5.65 Å². The smallest absolute Gasteiger partial charge is 0.280 e. The van der Waals surface area contributed by atoms with Crippen LogP contribution in [-0.4, -0.2) is 33.4 Å². The van der Waals surface area contributed by atoms with Gasteiger partial charge in [-0.2, -0.15) is 0 Å². The van der Waals surface area contributed by atoms with E-state index in [2.05, 4.69) is 9.97 Å². The maximum Gasteiger partial charge on any atom is 0.280 e. The molecule has 0 aromatic carbocycles. The lowest BCUT2D eigenvalue weighted by Crippen LogP contribution is -2.14. The molecule has 28 heavy (non-hydrogen) atoms. The van der Waals surface area contributed by atoms with Crippen LogP contribution < -0.4 is 0 Å². The third-order valence-corrected chi connectivity index (χ3v) is 4.91. The molecule has 0 N–H and O–H groups in total. The molecule has 5 nitrogen and oxygen atoms in total. The van der Waals surface area contributed by atoms with Gasteiger partial charge in [0.1, 0.15) is 22.9 Å². The standard InChI is InChI=1S/C20H18F3N3O2/c21-14-9-19-25-17(12-4-6-28-7-5-12)11-26(19)10-13(14)8-18(27)15-2-1-3-16(24-15)20(22)23/h1-3,9-12,20H,4-8H2. The van der Waals surface area contributed by atoms with Crippen LogP contribution >= 0.6 is 0 Å². The number of aromatic nitrogens is 3. The Kier molecular flexibility index (Phi) is 5.13. The van der Waals surface area contributed by atoms with E-state index in [-0.39, 0.29) is 23.6 Å². The summed E-state index contributed by atoms with van der Waals surface area (Å²) < 4.78 is 47.1. The van der Waals surface area contributed by atoms with Gasteiger partial charge in [-0.25, -0.2) is 23.1 Å². The van der Waals surface area contributed by atoms with Crippen molar-refractivity contribution in [1.29, 1.82) is 0 Å². The molecule has 0 radical (unpaired) electrons. The van der Waals surface area contributed by atoms with Gasteiger partial charge in [0.25, 0.3) is 6.43 Å². The zero-order valence-corrected chi connectivity index (χ0v) is 14.9. The SMILES string of the molecule is O=C(Cc1cn2cc(C3CCOCC3)nc2cc1F)c1cccc(C(F)F)n1. The summed E-state index contributed by atoms with van der Waals surface area (Å²) in [6.45, 7) is 1.36. The van der Waals surface area contributed by atoms with Crippen LogP contribution in [0.4, 0.5) is 13.2 Å². The summed E-state index contributed by atoms with van der Waals surface area (Å²) in [7, 11) is 0. The number of pyridine rings is 2. The van der Waals surface area contributed by atoms with Gasteiger partial charge in [-0.3, -0.25) is 4.79 Å². The summed E-state index contributed by atoms with van der Waals surface area (Å²) in [6, 6.07) is 5.13. The highest BCUT2D eigenvalue weighted by molar-refractivity contribution is 5.95. The average Bonchev–Trinajstić information content (AvgIpc) is 3.11. The summed E-state index contributed by atoms with van der Waals surface area (Å²) >= 11 is 0. The number of imidazole rings is 1. The van der Waals surface area contributed by atoms with E-state index in [4.69, 9.17) is 4.74 Å². The quantitative estimate of drug-likeness (QED) is 0.616. The second-order valence-electron chi connectivity index (χ2n) is 6.81. The molecule has 0 bridgehead atoms. The molecule has 1 aliphatic rings. The van der Waals surface area contributed by atoms with E-state index in [0.717, 1.165) is 24.6 Å². The predicted octanol–water partition coefficient (Wildman–Crippen LogP) is 4.13. The molecule has 4 heterocycles. The molecule has 3 aromatic heterocycles. The van der Waals surface area contributed by atoms with Crippen molar-refractivity contribution in [1.82, 2.24) is 14.4 Å². The van der Waals surface area contributed by atoms with Gasteiger partial charge in [0.15, 0.2) is 5.78 Å². The molecule has 1 aliphatic heterocycles. The highest BCUT2D eigenvalue weighted by atomic mass is 19.3. The first-order valence-corrected chi connectivity index (χ1v) is 9.04. The maximum atomic E-state index is 14.5. The van der Waals surface area contributed by atoms with E-state index >= 15 is 0 Å². The summed E-state index contributed by atoms with van der Waals surface area (Å²) in [5.74, 6) is -0.816. The highest BCUT2D eigenvalue weighted by Gasteiger charge is 2.20. The van der Waals surface area contributed by atoms with E-state index < -0.39 is 23.7 Å². The molecule has 146 valence electrons. The molecular formula is C20H18F3N3O2. The second kappa shape index (κ2) is 7.71. The van der Waals surface area contributed by atoms with Crippen LogP contribution in [0, 0.1) is 5.82 Å². The number of nitrogens with zero attached hydrogens (tertiary/aromatic N) is 3. The van der Waals surface area contributed by atoms with E-state index in [1.165, 1.54) is 24.4 Å². The Hall–Kier alpha value is -2.74. The molecule has 8 heteroatoms. The molecule has 3 aromatic rings. The van der Waals surface area contributed by atoms with Crippen LogP contribution in [0.5, 0.6) is 0 Å². The topological polar surface area (TPSA) is 56.5 Å². The Morgan fingerprint density at radius 2 is 2.00 bits per heavy atom. The number of ketones is 1. The summed E-state index contributed by atoms with van der Waals surface area (Å²) in [5.41, 5.74) is 0.923. The fraction of sp³-hybridized carbons (Fsp3) is 0.350. The molecule has 1 saturated heterocycles. The zero-order chi connectivity index (χ0) is 19.7. The predicted molar refractivity (Wildman–Crippen MR) is 95.2 cm³/mol. The van der Waals surface area contributed by atoms with Crippen molar-refractivity contribution in [2.45, 2.75) is 31.6 Å². The summed E-state index contributed by atoms with van der Waals surface area (Å²) in [5, 5.41) is 0. The number of fused-ring (bicyclic) bond motifs is 1. The van der Waals surface area contributed by atoms with Crippen LogP contribution in [0.3, 0.4) is 0 Å². The lowest BCUT2D eigenvalue weighted by Gasteiger charge is -2.19. The van der Waals surface area contributed by atoms with E-state index in [1.54, 1.807) is 4.40 Å². The molecule has 0 atom stereocenters. The number of carbonyl (C=O) groups is 1. The minimum Gasteiger partial charge on any atom is -0.381 e. The van der Waals surface area contributed by atoms with E-state index in [9.17, 15) is 18.0 Å². The van der Waals surface area contributed by atoms with Crippen molar-refractivity contribution < 1.29 is 22.7 Å². The number of carbonyl (C=O) groups excluding carboxylic acids is 1. The van der Waals surface area contributed by atoms with Crippen molar-refractivity contribution in [3.8, 4) is 0 Å². The van der Waals surface area contributed by atoms with Crippen molar-refractivity contribution in [2.75, 3.05) is 13.2 Å². The number of rotatable bonds is 5. The van der Waals surface area contributed by atoms with Crippen molar-refractivity contribution in [3.05, 3.63) is 65.1 Å². The number of Topliss-reactive ketones (excluding diaryl/α,β-unsaturated/α-hetero) is 1. The highest BCUT2D eigenvalue weighted by Crippen LogP contribution is 2.27. The second-order valence-corrected chi connectivity index (χ2v) is 6.81. The van der Waals surface area contributed by atoms with Gasteiger partial charge in [0.2, 0.25) is 0 Å². The van der Waals surface area contributed by atoms with Crippen LogP contribution in [0.1, 0.15) is 52.6 Å². The van der Waals surface area contributed by atoms with Crippen molar-refractivity contribution in [2.24, 2.45) is 0 Å². The molecule has 4 rings (SSSR count). The Morgan fingerprint density at radius 3 is 2.75 bits per heavy atom. The lowest BCUT2D eigenvalue weighted by molar-refractivity contribution is 0.0846. The van der Waals surface area contributed by atoms with Crippen LogP contribution in [-0.2, 0) is 11.2 Å². The van der Waals surface area contributed by atoms with Gasteiger partial charge < -0.3 is 9.14 Å². The van der Waals surface area contributed by atoms with Gasteiger partial charge in [-0.15, -0.1) is 0 Å². The van der Waals surface area contributed by atoms with Gasteiger partial charge in [0, 0.05) is 49.6 Å². The van der Waals surface area contributed by atoms with Gasteiger partial charge in [-0.05, 0) is 25.0 Å². The normalized spacial score (nSPS) is 15.4. The van der Waals surface area contributed by atoms with Crippen LogP contribution in [0.15, 0.2) is 36.7 Å². The molecule has 0 saturated carbocycles. The summed E-state index contributed by atoms with van der Waals surface area (Å²) in [4.78, 5) is 20.6. The molecule has 0 amide bonds. The van der Waals surface area contributed by atoms with Gasteiger partial charge >= 0.3 is 0 Å². The molecule has 0 spiro atoms. The number of halogens is 3. The average molecular weight is 389 g/mol. The fourth-order valence-corrected chi connectivity index (χ4v) is 3.39. The Morgan fingerprint density at radius 1 is 1.21 bits per heavy atom. The van der Waals surface area contributed by atoms with Gasteiger partial charge in [-0.1, -0.05) is 6.07 Å². The van der Waals surface area contributed by atoms with E-state index in [1.807, 2.05) is 6.20 Å². The first kappa shape index (κ1) is 18.6. The molecule has 1 fully saturated rings. The lowest BCUT2D eigenvalue weighted by atomic mass is 9.97. The van der Waals surface area contributed by atoms with Crippen molar-refractivity contribution in [3.63, 3.8) is 0 Å². The first-order chi connectivity index (χ1) is 13.5. The minimum atomic E-state index is -2.77. The molecular weight excluding hydrogens is 371 g/mol. The van der Waals surface area contributed by atoms with Crippen LogP contribution in [0.2, 0.25) is 0 Å². The molecule has 0 aliphatic carbocycles. The number of hydrogen-bond donors (Lipinski definition) is 0.